The van der Waals surface area contributed by atoms with E-state index in [9.17, 15) is 4.79 Å². The highest BCUT2D eigenvalue weighted by Gasteiger charge is 1.99. The zero-order valence-corrected chi connectivity index (χ0v) is 10.9. The third-order valence-electron chi connectivity index (χ3n) is 2.51. The summed E-state index contributed by atoms with van der Waals surface area (Å²) in [5, 5.41) is 0. The standard InChI is InChI=1S/C15H13NOS/c1-18-14-5-2-12(3-6-14)4-7-15(17)13-8-10-16-11-9-13/h2-11H,1H3. The average molecular weight is 255 g/mol. The number of rotatable bonds is 4. The number of hydrogen-bond donors (Lipinski definition) is 0. The topological polar surface area (TPSA) is 30.0 Å². The van der Waals surface area contributed by atoms with Gasteiger partial charge in [-0.2, -0.15) is 0 Å². The molecule has 0 fully saturated rings. The van der Waals surface area contributed by atoms with E-state index >= 15 is 0 Å². The quantitative estimate of drug-likeness (QED) is 0.474. The zero-order valence-electron chi connectivity index (χ0n) is 10.0. The summed E-state index contributed by atoms with van der Waals surface area (Å²) in [6, 6.07) is 11.5. The third-order valence-corrected chi connectivity index (χ3v) is 3.25. The van der Waals surface area contributed by atoms with Gasteiger partial charge < -0.3 is 0 Å². The van der Waals surface area contributed by atoms with Gasteiger partial charge in [-0.05, 0) is 42.2 Å². The molecule has 1 heterocycles. The van der Waals surface area contributed by atoms with E-state index in [0.29, 0.717) is 5.56 Å². The van der Waals surface area contributed by atoms with Crippen LogP contribution in [0.15, 0.2) is 59.8 Å². The summed E-state index contributed by atoms with van der Waals surface area (Å²) >= 11 is 1.70. The molecule has 0 atom stereocenters. The molecule has 0 amide bonds. The minimum Gasteiger partial charge on any atom is -0.289 e. The number of carbonyl (C=O) groups is 1. The number of hydrogen-bond acceptors (Lipinski definition) is 3. The first-order chi connectivity index (χ1) is 8.79. The van der Waals surface area contributed by atoms with Crippen LogP contribution in [0.3, 0.4) is 0 Å². The second-order valence-corrected chi connectivity index (χ2v) is 4.59. The Labute approximate surface area is 111 Å². The number of allylic oxidation sites excluding steroid dienone is 1. The second-order valence-electron chi connectivity index (χ2n) is 3.71. The lowest BCUT2D eigenvalue weighted by Crippen LogP contribution is -1.93. The minimum absolute atomic E-state index is 0.00802. The van der Waals surface area contributed by atoms with E-state index in [1.54, 1.807) is 42.4 Å². The fourth-order valence-corrected chi connectivity index (χ4v) is 1.91. The van der Waals surface area contributed by atoms with Gasteiger partial charge in [0.25, 0.3) is 0 Å². The highest BCUT2D eigenvalue weighted by molar-refractivity contribution is 7.98. The Kier molecular flexibility index (Phi) is 4.31. The molecule has 0 saturated heterocycles. The molecule has 1 aromatic carbocycles. The zero-order chi connectivity index (χ0) is 12.8. The van der Waals surface area contributed by atoms with Crippen LogP contribution in [0, 0.1) is 0 Å². The summed E-state index contributed by atoms with van der Waals surface area (Å²) in [5.41, 5.74) is 1.68. The average Bonchev–Trinajstić information content (AvgIpc) is 2.46. The van der Waals surface area contributed by atoms with Crippen molar-refractivity contribution < 1.29 is 4.79 Å². The molecule has 0 aliphatic rings. The van der Waals surface area contributed by atoms with Crippen molar-refractivity contribution in [3.63, 3.8) is 0 Å². The smallest absolute Gasteiger partial charge is 0.185 e. The van der Waals surface area contributed by atoms with Crippen LogP contribution in [0.2, 0.25) is 0 Å². The Hall–Kier alpha value is -1.87. The van der Waals surface area contributed by atoms with Crippen LogP contribution in [0.25, 0.3) is 6.08 Å². The van der Waals surface area contributed by atoms with Crippen molar-refractivity contribution in [2.75, 3.05) is 6.26 Å². The van der Waals surface area contributed by atoms with E-state index in [4.69, 9.17) is 0 Å². The maximum Gasteiger partial charge on any atom is 0.185 e. The summed E-state index contributed by atoms with van der Waals surface area (Å²) in [6.45, 7) is 0. The second kappa shape index (κ2) is 6.17. The van der Waals surface area contributed by atoms with Crippen LogP contribution in [0.1, 0.15) is 15.9 Å². The molecule has 18 heavy (non-hydrogen) atoms. The van der Waals surface area contributed by atoms with Crippen LogP contribution in [-0.4, -0.2) is 17.0 Å². The predicted octanol–water partition coefficient (Wildman–Crippen LogP) is 3.70. The van der Waals surface area contributed by atoms with E-state index < -0.39 is 0 Å². The van der Waals surface area contributed by atoms with Gasteiger partial charge in [0.2, 0.25) is 0 Å². The van der Waals surface area contributed by atoms with Crippen LogP contribution in [0.5, 0.6) is 0 Å². The van der Waals surface area contributed by atoms with Gasteiger partial charge in [-0.1, -0.05) is 18.2 Å². The Morgan fingerprint density at radius 1 is 1.11 bits per heavy atom. The van der Waals surface area contributed by atoms with E-state index in [2.05, 4.69) is 4.98 Å². The molecule has 2 rings (SSSR count). The number of benzene rings is 1. The van der Waals surface area contributed by atoms with Crippen LogP contribution in [0.4, 0.5) is 0 Å². The molecule has 0 saturated carbocycles. The molecule has 90 valence electrons. The molecule has 1 aromatic heterocycles. The molecule has 2 aromatic rings. The first kappa shape index (κ1) is 12.6. The molecule has 2 nitrogen and oxygen atoms in total. The minimum atomic E-state index is -0.00802. The van der Waals surface area contributed by atoms with Crippen molar-refractivity contribution in [1.29, 1.82) is 0 Å². The SMILES string of the molecule is CSc1ccc(C=CC(=O)c2ccncc2)cc1. The van der Waals surface area contributed by atoms with Gasteiger partial charge in [0.05, 0.1) is 0 Å². The number of pyridine rings is 1. The molecule has 0 bridgehead atoms. The van der Waals surface area contributed by atoms with Crippen molar-refractivity contribution in [1.82, 2.24) is 4.98 Å². The first-order valence-electron chi connectivity index (χ1n) is 5.56. The number of carbonyl (C=O) groups excluding carboxylic acids is 1. The van der Waals surface area contributed by atoms with Gasteiger partial charge in [-0.3, -0.25) is 9.78 Å². The van der Waals surface area contributed by atoms with Crippen molar-refractivity contribution >= 4 is 23.6 Å². The van der Waals surface area contributed by atoms with Gasteiger partial charge in [0, 0.05) is 22.9 Å². The van der Waals surface area contributed by atoms with Crippen LogP contribution >= 0.6 is 11.8 Å². The number of thioether (sulfide) groups is 1. The molecule has 0 radical (unpaired) electrons. The van der Waals surface area contributed by atoms with Gasteiger partial charge in [-0.15, -0.1) is 11.8 Å². The number of ketones is 1. The summed E-state index contributed by atoms with van der Waals surface area (Å²) in [7, 11) is 0. The summed E-state index contributed by atoms with van der Waals surface area (Å²) < 4.78 is 0. The molecule has 0 aliphatic heterocycles. The van der Waals surface area contributed by atoms with Gasteiger partial charge in [0.15, 0.2) is 5.78 Å². The maximum atomic E-state index is 11.8. The summed E-state index contributed by atoms with van der Waals surface area (Å²) in [5.74, 6) is -0.00802. The third kappa shape index (κ3) is 3.31. The molecule has 0 N–H and O–H groups in total. The Balaban J connectivity index is 2.08. The van der Waals surface area contributed by atoms with Crippen LogP contribution in [-0.2, 0) is 0 Å². The largest absolute Gasteiger partial charge is 0.289 e. The highest BCUT2D eigenvalue weighted by atomic mass is 32.2. The summed E-state index contributed by atoms with van der Waals surface area (Å²) in [6.07, 6.45) is 8.69. The Morgan fingerprint density at radius 3 is 2.39 bits per heavy atom. The van der Waals surface area contributed by atoms with Crippen molar-refractivity contribution in [2.45, 2.75) is 4.90 Å². The first-order valence-corrected chi connectivity index (χ1v) is 6.78. The monoisotopic (exact) mass is 255 g/mol. The molecule has 0 unspecified atom stereocenters. The molecule has 3 heteroatoms. The van der Waals surface area contributed by atoms with Crippen LogP contribution < -0.4 is 0 Å². The molecule has 0 aliphatic carbocycles. The van der Waals surface area contributed by atoms with Gasteiger partial charge in [-0.25, -0.2) is 0 Å². The molecule has 0 spiro atoms. The summed E-state index contributed by atoms with van der Waals surface area (Å²) in [4.78, 5) is 16.9. The molecular weight excluding hydrogens is 242 g/mol. The highest BCUT2D eigenvalue weighted by Crippen LogP contribution is 2.15. The number of aromatic nitrogens is 1. The van der Waals surface area contributed by atoms with Gasteiger partial charge >= 0.3 is 0 Å². The lowest BCUT2D eigenvalue weighted by atomic mass is 10.1. The van der Waals surface area contributed by atoms with E-state index in [1.165, 1.54) is 4.90 Å². The van der Waals surface area contributed by atoms with E-state index in [0.717, 1.165) is 5.56 Å². The fraction of sp³-hybridized carbons (Fsp3) is 0.0667. The Bertz CT molecular complexity index is 546. The Morgan fingerprint density at radius 2 is 1.78 bits per heavy atom. The van der Waals surface area contributed by atoms with Gasteiger partial charge in [0.1, 0.15) is 0 Å². The maximum absolute atomic E-state index is 11.8. The van der Waals surface area contributed by atoms with Crippen molar-refractivity contribution in [3.05, 3.63) is 66.0 Å². The van der Waals surface area contributed by atoms with Crippen molar-refractivity contribution in [3.8, 4) is 0 Å². The number of nitrogens with zero attached hydrogens (tertiary/aromatic N) is 1. The van der Waals surface area contributed by atoms with E-state index in [1.807, 2.05) is 36.6 Å². The lowest BCUT2D eigenvalue weighted by Gasteiger charge is -1.97. The van der Waals surface area contributed by atoms with E-state index in [-0.39, 0.29) is 5.78 Å². The fourth-order valence-electron chi connectivity index (χ4n) is 1.50. The molecular formula is C15H13NOS. The normalized spacial score (nSPS) is 10.7. The lowest BCUT2D eigenvalue weighted by molar-refractivity contribution is 0.104. The van der Waals surface area contributed by atoms with Crippen molar-refractivity contribution in [2.24, 2.45) is 0 Å². The predicted molar refractivity (Wildman–Crippen MR) is 75.8 cm³/mol.